The van der Waals surface area contributed by atoms with E-state index in [1.807, 2.05) is 42.6 Å². The van der Waals surface area contributed by atoms with E-state index in [4.69, 9.17) is 10.5 Å². The Labute approximate surface area is 136 Å². The molecule has 3 aromatic rings. The van der Waals surface area contributed by atoms with Gasteiger partial charge in [-0.3, -0.25) is 0 Å². The normalized spacial score (nSPS) is 12.1. The number of ether oxygens (including phenoxy) is 1. The van der Waals surface area contributed by atoms with Gasteiger partial charge in [0.25, 0.3) is 0 Å². The number of aromatic nitrogens is 2. The molecular formula is C19H21N3O. The number of methoxy groups -OCH3 is 1. The molecule has 0 saturated carbocycles. The molecule has 118 valence electrons. The summed E-state index contributed by atoms with van der Waals surface area (Å²) >= 11 is 0. The molecular weight excluding hydrogens is 286 g/mol. The zero-order valence-electron chi connectivity index (χ0n) is 13.2. The van der Waals surface area contributed by atoms with Crippen LogP contribution in [0.1, 0.15) is 23.0 Å². The predicted octanol–water partition coefficient (Wildman–Crippen LogP) is 3.18. The van der Waals surface area contributed by atoms with Gasteiger partial charge in [-0.05, 0) is 18.1 Å². The van der Waals surface area contributed by atoms with E-state index in [0.29, 0.717) is 6.54 Å². The summed E-state index contributed by atoms with van der Waals surface area (Å²) in [7, 11) is 1.69. The first-order valence-corrected chi connectivity index (χ1v) is 7.70. The van der Waals surface area contributed by atoms with Crippen LogP contribution in [0.4, 0.5) is 0 Å². The summed E-state index contributed by atoms with van der Waals surface area (Å²) in [6.07, 6.45) is 4.53. The Morgan fingerprint density at radius 1 is 1.09 bits per heavy atom. The summed E-state index contributed by atoms with van der Waals surface area (Å²) < 4.78 is 7.51. The number of hydrogen-bond acceptors (Lipinski definition) is 3. The third kappa shape index (κ3) is 3.60. The smallest absolute Gasteiger partial charge is 0.126 e. The van der Waals surface area contributed by atoms with Gasteiger partial charge in [-0.25, -0.2) is 4.98 Å². The minimum absolute atomic E-state index is 0.137. The van der Waals surface area contributed by atoms with Crippen molar-refractivity contribution in [2.45, 2.75) is 19.0 Å². The molecule has 2 N–H and O–H groups in total. The lowest BCUT2D eigenvalue weighted by Crippen LogP contribution is -2.19. The lowest BCUT2D eigenvalue weighted by atomic mass is 10.1. The van der Waals surface area contributed by atoms with Gasteiger partial charge in [-0.1, -0.05) is 48.5 Å². The van der Waals surface area contributed by atoms with Crippen molar-refractivity contribution in [3.63, 3.8) is 0 Å². The summed E-state index contributed by atoms with van der Waals surface area (Å²) in [6, 6.07) is 18.1. The van der Waals surface area contributed by atoms with Crippen LogP contribution in [0.15, 0.2) is 67.0 Å². The molecule has 0 aliphatic carbocycles. The van der Waals surface area contributed by atoms with Gasteiger partial charge < -0.3 is 15.0 Å². The molecule has 1 atom stereocenters. The van der Waals surface area contributed by atoms with E-state index in [9.17, 15) is 0 Å². The van der Waals surface area contributed by atoms with Crippen molar-refractivity contribution in [3.05, 3.63) is 83.9 Å². The quantitative estimate of drug-likeness (QED) is 0.761. The molecule has 0 fully saturated rings. The Morgan fingerprint density at radius 2 is 1.83 bits per heavy atom. The standard InChI is InChI=1S/C19H21N3O/c1-23-18-10-6-5-9-16(18)14-22-12-11-21-19(22)17(20)13-15-7-3-2-4-8-15/h2-12,17H,13-14,20H2,1H3/t17-/m0/s1. The van der Waals surface area contributed by atoms with Crippen molar-refractivity contribution >= 4 is 0 Å². The average molecular weight is 307 g/mol. The Bertz CT molecular complexity index is 752. The highest BCUT2D eigenvalue weighted by Crippen LogP contribution is 2.21. The van der Waals surface area contributed by atoms with E-state index >= 15 is 0 Å². The van der Waals surface area contributed by atoms with Crippen LogP contribution in [-0.4, -0.2) is 16.7 Å². The minimum Gasteiger partial charge on any atom is -0.496 e. The van der Waals surface area contributed by atoms with Crippen molar-refractivity contribution in [2.24, 2.45) is 5.73 Å². The van der Waals surface area contributed by atoms with E-state index in [2.05, 4.69) is 27.8 Å². The first kappa shape index (κ1) is 15.3. The first-order valence-electron chi connectivity index (χ1n) is 7.70. The van der Waals surface area contributed by atoms with E-state index in [1.165, 1.54) is 5.56 Å². The lowest BCUT2D eigenvalue weighted by Gasteiger charge is -2.15. The fourth-order valence-corrected chi connectivity index (χ4v) is 2.76. The van der Waals surface area contributed by atoms with Crippen LogP contribution < -0.4 is 10.5 Å². The van der Waals surface area contributed by atoms with Gasteiger partial charge in [-0.15, -0.1) is 0 Å². The molecule has 1 heterocycles. The SMILES string of the molecule is COc1ccccc1Cn1ccnc1[C@@H](N)Cc1ccccc1. The van der Waals surface area contributed by atoms with Crippen LogP contribution in [0, 0.1) is 0 Å². The van der Waals surface area contributed by atoms with Crippen molar-refractivity contribution in [1.29, 1.82) is 0 Å². The molecule has 0 unspecified atom stereocenters. The molecule has 4 heteroatoms. The highest BCUT2D eigenvalue weighted by molar-refractivity contribution is 5.33. The summed E-state index contributed by atoms with van der Waals surface area (Å²) in [5.41, 5.74) is 8.71. The van der Waals surface area contributed by atoms with Crippen LogP contribution in [-0.2, 0) is 13.0 Å². The second kappa shape index (κ2) is 7.11. The number of nitrogens with zero attached hydrogens (tertiary/aromatic N) is 2. The van der Waals surface area contributed by atoms with Crippen molar-refractivity contribution in [1.82, 2.24) is 9.55 Å². The van der Waals surface area contributed by atoms with E-state index < -0.39 is 0 Å². The fraction of sp³-hybridized carbons (Fsp3) is 0.211. The zero-order chi connectivity index (χ0) is 16.1. The first-order chi connectivity index (χ1) is 11.3. The van der Waals surface area contributed by atoms with Gasteiger partial charge >= 0.3 is 0 Å². The summed E-state index contributed by atoms with van der Waals surface area (Å²) in [6.45, 7) is 0.696. The van der Waals surface area contributed by atoms with E-state index in [0.717, 1.165) is 23.6 Å². The Balaban J connectivity index is 1.79. The molecule has 2 aromatic carbocycles. The average Bonchev–Trinajstić information content (AvgIpc) is 3.04. The highest BCUT2D eigenvalue weighted by Gasteiger charge is 2.14. The molecule has 23 heavy (non-hydrogen) atoms. The Hall–Kier alpha value is -2.59. The molecule has 0 radical (unpaired) electrons. The van der Waals surface area contributed by atoms with Crippen LogP contribution in [0.3, 0.4) is 0 Å². The van der Waals surface area contributed by atoms with Crippen LogP contribution >= 0.6 is 0 Å². The summed E-state index contributed by atoms with van der Waals surface area (Å²) in [5.74, 6) is 1.77. The largest absolute Gasteiger partial charge is 0.496 e. The number of rotatable bonds is 6. The number of benzene rings is 2. The van der Waals surface area contributed by atoms with Gasteiger partial charge in [0, 0.05) is 18.0 Å². The zero-order valence-corrected chi connectivity index (χ0v) is 13.2. The maximum absolute atomic E-state index is 6.38. The number of nitrogens with two attached hydrogens (primary N) is 1. The van der Waals surface area contributed by atoms with Crippen LogP contribution in [0.5, 0.6) is 5.75 Å². The van der Waals surface area contributed by atoms with Gasteiger partial charge in [0.2, 0.25) is 0 Å². The number of para-hydroxylation sites is 1. The third-order valence-corrected chi connectivity index (χ3v) is 3.91. The second-order valence-electron chi connectivity index (χ2n) is 5.52. The molecule has 0 amide bonds. The summed E-state index contributed by atoms with van der Waals surface area (Å²) in [4.78, 5) is 4.46. The third-order valence-electron chi connectivity index (χ3n) is 3.91. The van der Waals surface area contributed by atoms with Gasteiger partial charge in [0.1, 0.15) is 11.6 Å². The number of imidazole rings is 1. The molecule has 3 rings (SSSR count). The predicted molar refractivity (Wildman–Crippen MR) is 91.4 cm³/mol. The molecule has 0 bridgehead atoms. The maximum Gasteiger partial charge on any atom is 0.126 e. The Kier molecular flexibility index (Phi) is 4.74. The molecule has 4 nitrogen and oxygen atoms in total. The number of hydrogen-bond donors (Lipinski definition) is 1. The lowest BCUT2D eigenvalue weighted by molar-refractivity contribution is 0.408. The monoisotopic (exact) mass is 307 g/mol. The van der Waals surface area contributed by atoms with E-state index in [1.54, 1.807) is 13.3 Å². The molecule has 0 saturated heterocycles. The Morgan fingerprint density at radius 3 is 2.61 bits per heavy atom. The van der Waals surface area contributed by atoms with Crippen molar-refractivity contribution in [2.75, 3.05) is 7.11 Å². The van der Waals surface area contributed by atoms with Crippen LogP contribution in [0.2, 0.25) is 0 Å². The highest BCUT2D eigenvalue weighted by atomic mass is 16.5. The molecule has 0 spiro atoms. The van der Waals surface area contributed by atoms with Gasteiger partial charge in [-0.2, -0.15) is 0 Å². The second-order valence-corrected chi connectivity index (χ2v) is 5.52. The van der Waals surface area contributed by atoms with Crippen LogP contribution in [0.25, 0.3) is 0 Å². The van der Waals surface area contributed by atoms with Gasteiger partial charge in [0.05, 0.1) is 19.7 Å². The maximum atomic E-state index is 6.38. The molecule has 0 aliphatic rings. The fourth-order valence-electron chi connectivity index (χ4n) is 2.76. The topological polar surface area (TPSA) is 53.1 Å². The minimum atomic E-state index is -0.137. The summed E-state index contributed by atoms with van der Waals surface area (Å²) in [5, 5.41) is 0. The van der Waals surface area contributed by atoms with Crippen molar-refractivity contribution < 1.29 is 4.74 Å². The molecule has 0 aliphatic heterocycles. The van der Waals surface area contributed by atoms with Crippen molar-refractivity contribution in [3.8, 4) is 5.75 Å². The molecule has 1 aromatic heterocycles. The van der Waals surface area contributed by atoms with Gasteiger partial charge in [0.15, 0.2) is 0 Å². The van der Waals surface area contributed by atoms with E-state index in [-0.39, 0.29) is 6.04 Å².